The molecule has 0 aromatic heterocycles. The number of esters is 1. The standard InChI is InChI=1S/C30H50O9/c1-15(4-7-23(34)39-28-27(37)26(36)25(35)22(14-31)38-28)18-5-6-19-24-20(9-11-30(18,19)3)29(2)10-8-17(32)12-16(29)13-21(24)33/h15-22,24-28,31-33,35-37H,4-14H2,1-3H3/t15-,16+,17-,18-,19+,20+,21+,22-,24+,25-,26+,27-,28-,29+,30-/m1/s1. The van der Waals surface area contributed by atoms with Crippen LogP contribution in [-0.4, -0.2) is 86.1 Å². The molecule has 9 nitrogen and oxygen atoms in total. The van der Waals surface area contributed by atoms with Gasteiger partial charge in [0.15, 0.2) is 0 Å². The minimum atomic E-state index is -1.59. The Labute approximate surface area is 231 Å². The fourth-order valence-electron chi connectivity index (χ4n) is 10.1. The Morgan fingerprint density at radius 2 is 1.62 bits per heavy atom. The van der Waals surface area contributed by atoms with E-state index in [1.807, 2.05) is 0 Å². The van der Waals surface area contributed by atoms with Gasteiger partial charge in [-0.2, -0.15) is 0 Å². The van der Waals surface area contributed by atoms with E-state index in [1.54, 1.807) is 0 Å². The summed E-state index contributed by atoms with van der Waals surface area (Å²) in [6.45, 7) is 6.45. The first kappa shape index (κ1) is 29.7. The van der Waals surface area contributed by atoms with Crippen LogP contribution in [0.15, 0.2) is 0 Å². The van der Waals surface area contributed by atoms with Crippen LogP contribution in [0, 0.1) is 46.3 Å². The van der Waals surface area contributed by atoms with Gasteiger partial charge in [-0.3, -0.25) is 4.79 Å². The second-order valence-corrected chi connectivity index (χ2v) is 14.2. The Hall–Kier alpha value is -0.810. The summed E-state index contributed by atoms with van der Waals surface area (Å²) in [6.07, 6.45) is 0.950. The number of carbonyl (C=O) groups excluding carboxylic acids is 1. The fourth-order valence-corrected chi connectivity index (χ4v) is 10.1. The molecular formula is C30H50O9. The van der Waals surface area contributed by atoms with E-state index in [0.717, 1.165) is 51.4 Å². The summed E-state index contributed by atoms with van der Waals surface area (Å²) in [7, 11) is 0. The lowest BCUT2D eigenvalue weighted by Crippen LogP contribution is -2.59. The normalized spacial score (nSPS) is 52.3. The van der Waals surface area contributed by atoms with Crippen LogP contribution in [0.5, 0.6) is 0 Å². The molecule has 15 atom stereocenters. The van der Waals surface area contributed by atoms with E-state index in [1.165, 1.54) is 0 Å². The quantitative estimate of drug-likeness (QED) is 0.269. The molecule has 6 N–H and O–H groups in total. The maximum Gasteiger partial charge on any atom is 0.308 e. The van der Waals surface area contributed by atoms with Crippen molar-refractivity contribution in [3.8, 4) is 0 Å². The molecule has 5 rings (SSSR count). The predicted molar refractivity (Wildman–Crippen MR) is 141 cm³/mol. The van der Waals surface area contributed by atoms with E-state index in [-0.39, 0.29) is 35.4 Å². The third kappa shape index (κ3) is 5.08. The molecular weight excluding hydrogens is 504 g/mol. The van der Waals surface area contributed by atoms with E-state index in [2.05, 4.69) is 20.8 Å². The second-order valence-electron chi connectivity index (χ2n) is 14.2. The van der Waals surface area contributed by atoms with Gasteiger partial charge in [0, 0.05) is 6.42 Å². The zero-order valence-electron chi connectivity index (χ0n) is 23.7. The number of ether oxygens (including phenoxy) is 2. The van der Waals surface area contributed by atoms with Crippen LogP contribution in [0.3, 0.4) is 0 Å². The highest BCUT2D eigenvalue weighted by Crippen LogP contribution is 2.68. The van der Waals surface area contributed by atoms with Crippen molar-refractivity contribution in [1.82, 2.24) is 0 Å². The smallest absolute Gasteiger partial charge is 0.308 e. The first-order chi connectivity index (χ1) is 18.4. The number of aliphatic hydroxyl groups is 6. The van der Waals surface area contributed by atoms with Gasteiger partial charge < -0.3 is 40.1 Å². The van der Waals surface area contributed by atoms with Gasteiger partial charge in [0.25, 0.3) is 0 Å². The van der Waals surface area contributed by atoms with Crippen molar-refractivity contribution in [2.45, 2.75) is 128 Å². The zero-order valence-corrected chi connectivity index (χ0v) is 23.7. The molecule has 5 fully saturated rings. The van der Waals surface area contributed by atoms with Crippen LogP contribution >= 0.6 is 0 Å². The highest BCUT2D eigenvalue weighted by molar-refractivity contribution is 5.69. The number of rotatable bonds is 6. The number of fused-ring (bicyclic) bond motifs is 5. The topological polar surface area (TPSA) is 157 Å². The molecule has 1 heterocycles. The lowest BCUT2D eigenvalue weighted by atomic mass is 9.43. The number of hydrogen-bond donors (Lipinski definition) is 6. The summed E-state index contributed by atoms with van der Waals surface area (Å²) < 4.78 is 10.6. The summed E-state index contributed by atoms with van der Waals surface area (Å²) in [5, 5.41) is 61.2. The van der Waals surface area contributed by atoms with Crippen molar-refractivity contribution in [3.05, 3.63) is 0 Å². The van der Waals surface area contributed by atoms with Gasteiger partial charge >= 0.3 is 5.97 Å². The fraction of sp³-hybridized carbons (Fsp3) is 0.967. The maximum atomic E-state index is 12.7. The van der Waals surface area contributed by atoms with Crippen molar-refractivity contribution in [2.24, 2.45) is 46.3 Å². The molecule has 0 spiro atoms. The van der Waals surface area contributed by atoms with Crippen LogP contribution in [0.1, 0.15) is 85.0 Å². The predicted octanol–water partition coefficient (Wildman–Crippen LogP) is 1.74. The third-order valence-electron chi connectivity index (χ3n) is 12.3. The Morgan fingerprint density at radius 1 is 0.923 bits per heavy atom. The van der Waals surface area contributed by atoms with Crippen LogP contribution in [0.25, 0.3) is 0 Å². The van der Waals surface area contributed by atoms with Crippen molar-refractivity contribution in [3.63, 3.8) is 0 Å². The van der Waals surface area contributed by atoms with Crippen molar-refractivity contribution >= 4 is 5.97 Å². The molecule has 0 aromatic carbocycles. The molecule has 0 aromatic rings. The second kappa shape index (κ2) is 11.1. The molecule has 5 aliphatic rings. The molecule has 1 saturated heterocycles. The first-order valence-corrected chi connectivity index (χ1v) is 15.3. The number of carbonyl (C=O) groups is 1. The highest BCUT2D eigenvalue weighted by Gasteiger charge is 2.62. The largest absolute Gasteiger partial charge is 0.433 e. The summed E-state index contributed by atoms with van der Waals surface area (Å²) in [4.78, 5) is 12.7. The van der Waals surface area contributed by atoms with Gasteiger partial charge in [0.1, 0.15) is 24.4 Å². The lowest BCUT2D eigenvalue weighted by Gasteiger charge is -2.62. The van der Waals surface area contributed by atoms with Gasteiger partial charge in [-0.25, -0.2) is 0 Å². The summed E-state index contributed by atoms with van der Waals surface area (Å²) in [5.74, 6) is 1.82. The van der Waals surface area contributed by atoms with Crippen molar-refractivity contribution in [1.29, 1.82) is 0 Å². The van der Waals surface area contributed by atoms with Crippen LogP contribution in [-0.2, 0) is 14.3 Å². The Morgan fingerprint density at radius 3 is 2.33 bits per heavy atom. The Kier molecular flexibility index (Phi) is 8.46. The van der Waals surface area contributed by atoms with Gasteiger partial charge in [0.2, 0.25) is 6.29 Å². The van der Waals surface area contributed by atoms with E-state index < -0.39 is 43.3 Å². The monoisotopic (exact) mass is 554 g/mol. The molecule has 0 unspecified atom stereocenters. The van der Waals surface area contributed by atoms with E-state index in [0.29, 0.717) is 36.0 Å². The van der Waals surface area contributed by atoms with Crippen molar-refractivity contribution < 1.29 is 44.9 Å². The number of aliphatic hydroxyl groups excluding tert-OH is 6. The molecule has 4 aliphatic carbocycles. The van der Waals surface area contributed by atoms with Crippen molar-refractivity contribution in [2.75, 3.05) is 6.61 Å². The molecule has 0 radical (unpaired) electrons. The molecule has 224 valence electrons. The summed E-state index contributed by atoms with van der Waals surface area (Å²) in [5.41, 5.74) is 0.308. The van der Waals surface area contributed by atoms with Crippen LogP contribution in [0.2, 0.25) is 0 Å². The highest BCUT2D eigenvalue weighted by atomic mass is 16.7. The Balaban J connectivity index is 1.20. The van der Waals surface area contributed by atoms with Gasteiger partial charge in [-0.1, -0.05) is 20.8 Å². The summed E-state index contributed by atoms with van der Waals surface area (Å²) in [6, 6.07) is 0. The molecule has 0 bridgehead atoms. The molecule has 9 heteroatoms. The lowest BCUT2D eigenvalue weighted by molar-refractivity contribution is -0.292. The SMILES string of the molecule is C[C@H](CCC(=O)O[C@H]1O[C@H](CO)[C@@H](O)[C@H](O)[C@H]1O)[C@H]1CC[C@H]2[C@@H]3[C@@H](O)C[C@@H]4C[C@H](O)CC[C@]4(C)[C@H]3CC[C@]12C. The number of hydrogen-bond acceptors (Lipinski definition) is 9. The molecule has 1 aliphatic heterocycles. The zero-order chi connectivity index (χ0) is 28.3. The van der Waals surface area contributed by atoms with E-state index in [4.69, 9.17) is 9.47 Å². The van der Waals surface area contributed by atoms with E-state index >= 15 is 0 Å². The molecule has 39 heavy (non-hydrogen) atoms. The average molecular weight is 555 g/mol. The minimum Gasteiger partial charge on any atom is -0.433 e. The average Bonchev–Trinajstić information content (AvgIpc) is 3.25. The third-order valence-corrected chi connectivity index (χ3v) is 12.3. The summed E-state index contributed by atoms with van der Waals surface area (Å²) >= 11 is 0. The minimum absolute atomic E-state index is 0.111. The maximum absolute atomic E-state index is 12.7. The van der Waals surface area contributed by atoms with Gasteiger partial charge in [-0.15, -0.1) is 0 Å². The molecule has 4 saturated carbocycles. The van der Waals surface area contributed by atoms with Gasteiger partial charge in [0.05, 0.1) is 18.8 Å². The molecule has 0 amide bonds. The first-order valence-electron chi connectivity index (χ1n) is 15.3. The van der Waals surface area contributed by atoms with E-state index in [9.17, 15) is 35.4 Å². The van der Waals surface area contributed by atoms with Gasteiger partial charge in [-0.05, 0) is 104 Å². The van der Waals surface area contributed by atoms with Crippen LogP contribution < -0.4 is 0 Å². The van der Waals surface area contributed by atoms with Crippen LogP contribution in [0.4, 0.5) is 0 Å². The Bertz CT molecular complexity index is 882.